The molecule has 0 fully saturated rings. The number of nitrogens with zero attached hydrogens (tertiary/aromatic N) is 4. The van der Waals surface area contributed by atoms with Crippen molar-refractivity contribution >= 4 is 17.6 Å². The zero-order valence-electron chi connectivity index (χ0n) is 9.55. The topological polar surface area (TPSA) is 93.7 Å². The van der Waals surface area contributed by atoms with E-state index in [1.165, 1.54) is 12.4 Å². The van der Waals surface area contributed by atoms with E-state index in [0.29, 0.717) is 17.2 Å². The first-order valence-electron chi connectivity index (χ1n) is 5.21. The maximum Gasteiger partial charge on any atom is 0.341 e. The number of halogens is 1. The molecule has 0 saturated heterocycles. The summed E-state index contributed by atoms with van der Waals surface area (Å²) in [6.45, 7) is 2.01. The van der Waals surface area contributed by atoms with Crippen molar-refractivity contribution in [3.8, 4) is 11.5 Å². The van der Waals surface area contributed by atoms with Crippen LogP contribution >= 0.6 is 11.6 Å². The van der Waals surface area contributed by atoms with E-state index in [1.54, 1.807) is 6.92 Å². The fraction of sp³-hybridized carbons (Fsp3) is 0.300. The Hall–Kier alpha value is -2.02. The van der Waals surface area contributed by atoms with Gasteiger partial charge in [-0.05, 0) is 6.92 Å². The highest BCUT2D eigenvalue weighted by Crippen LogP contribution is 2.15. The lowest BCUT2D eigenvalue weighted by Crippen LogP contribution is -2.10. The molecule has 2 aromatic rings. The van der Waals surface area contributed by atoms with E-state index in [2.05, 4.69) is 25.4 Å². The monoisotopic (exact) mass is 267 g/mol. The second kappa shape index (κ2) is 5.54. The maximum atomic E-state index is 11.6. The predicted octanol–water partition coefficient (Wildman–Crippen LogP) is 1.18. The fourth-order valence-corrected chi connectivity index (χ4v) is 1.53. The Labute approximate surface area is 108 Å². The molecular formula is C10H10ClN5O2. The summed E-state index contributed by atoms with van der Waals surface area (Å²) in [5, 5.41) is 9.97. The lowest BCUT2D eigenvalue weighted by Gasteiger charge is -2.06. The highest BCUT2D eigenvalue weighted by molar-refractivity contribution is 6.17. The molecule has 0 aromatic carbocycles. The highest BCUT2D eigenvalue weighted by atomic mass is 35.5. The molecule has 2 heterocycles. The molecule has 0 saturated carbocycles. The second-order valence-corrected chi connectivity index (χ2v) is 3.53. The van der Waals surface area contributed by atoms with Gasteiger partial charge in [-0.1, -0.05) is 0 Å². The number of esters is 1. The van der Waals surface area contributed by atoms with Crippen LogP contribution in [-0.4, -0.2) is 38.0 Å². The minimum absolute atomic E-state index is 0.0848. The van der Waals surface area contributed by atoms with Crippen LogP contribution in [0, 0.1) is 0 Å². The first kappa shape index (κ1) is 12.4. The molecule has 0 spiro atoms. The van der Waals surface area contributed by atoms with Crippen LogP contribution in [-0.2, 0) is 10.6 Å². The van der Waals surface area contributed by atoms with E-state index in [1.807, 2.05) is 0 Å². The third kappa shape index (κ3) is 2.45. The predicted molar refractivity (Wildman–Crippen MR) is 62.9 cm³/mol. The van der Waals surface area contributed by atoms with Crippen LogP contribution in [0.5, 0.6) is 0 Å². The zero-order chi connectivity index (χ0) is 13.0. The molecular weight excluding hydrogens is 258 g/mol. The van der Waals surface area contributed by atoms with Crippen molar-refractivity contribution in [2.75, 3.05) is 6.61 Å². The number of carbonyl (C=O) groups is 1. The molecule has 0 aliphatic heterocycles. The lowest BCUT2D eigenvalue weighted by atomic mass is 10.2. The van der Waals surface area contributed by atoms with Gasteiger partial charge >= 0.3 is 5.97 Å². The number of ether oxygens (including phenoxy) is 1. The standard InChI is InChI=1S/C10H10ClN5O2/c1-2-18-10(17)6-4-12-9(14-7(6)3-11)8-5-13-16-15-8/h4-5H,2-3H2,1H3,(H,13,15,16). The van der Waals surface area contributed by atoms with Gasteiger partial charge in [0.2, 0.25) is 0 Å². The van der Waals surface area contributed by atoms with Gasteiger partial charge in [0.05, 0.1) is 24.4 Å². The summed E-state index contributed by atoms with van der Waals surface area (Å²) in [5.74, 6) is -0.0473. The van der Waals surface area contributed by atoms with Gasteiger partial charge in [-0.3, -0.25) is 0 Å². The van der Waals surface area contributed by atoms with E-state index in [4.69, 9.17) is 16.3 Å². The van der Waals surface area contributed by atoms with E-state index < -0.39 is 5.97 Å². The summed E-state index contributed by atoms with van der Waals surface area (Å²) >= 11 is 5.77. The quantitative estimate of drug-likeness (QED) is 0.660. The average Bonchev–Trinajstić information content (AvgIpc) is 2.92. The molecule has 2 aromatic heterocycles. The van der Waals surface area contributed by atoms with Crippen molar-refractivity contribution < 1.29 is 9.53 Å². The Balaban J connectivity index is 2.37. The first-order valence-corrected chi connectivity index (χ1v) is 5.74. The fourth-order valence-electron chi connectivity index (χ4n) is 1.33. The molecule has 8 heteroatoms. The molecule has 18 heavy (non-hydrogen) atoms. The minimum Gasteiger partial charge on any atom is -0.462 e. The number of nitrogens with one attached hydrogen (secondary N) is 1. The van der Waals surface area contributed by atoms with Gasteiger partial charge < -0.3 is 4.74 Å². The number of H-pyrrole nitrogens is 1. The number of aromatic amines is 1. The van der Waals surface area contributed by atoms with Crippen molar-refractivity contribution in [3.05, 3.63) is 23.7 Å². The summed E-state index contributed by atoms with van der Waals surface area (Å²) in [6, 6.07) is 0. The minimum atomic E-state index is -0.486. The van der Waals surface area contributed by atoms with Gasteiger partial charge in [0.15, 0.2) is 5.82 Å². The van der Waals surface area contributed by atoms with E-state index in [-0.39, 0.29) is 18.1 Å². The van der Waals surface area contributed by atoms with Crippen molar-refractivity contribution in [2.24, 2.45) is 0 Å². The summed E-state index contributed by atoms with van der Waals surface area (Å²) in [7, 11) is 0. The van der Waals surface area contributed by atoms with Crippen LogP contribution in [0.2, 0.25) is 0 Å². The first-order chi connectivity index (χ1) is 8.76. The van der Waals surface area contributed by atoms with Crippen LogP contribution in [0.15, 0.2) is 12.4 Å². The van der Waals surface area contributed by atoms with Crippen LogP contribution in [0.1, 0.15) is 23.0 Å². The molecule has 2 rings (SSSR count). The molecule has 7 nitrogen and oxygen atoms in total. The van der Waals surface area contributed by atoms with Crippen LogP contribution in [0.25, 0.3) is 11.5 Å². The van der Waals surface area contributed by atoms with Crippen LogP contribution in [0.4, 0.5) is 0 Å². The van der Waals surface area contributed by atoms with E-state index >= 15 is 0 Å². The van der Waals surface area contributed by atoms with Crippen molar-refractivity contribution in [1.82, 2.24) is 25.4 Å². The molecule has 94 valence electrons. The Kier molecular flexibility index (Phi) is 3.83. The molecule has 0 aliphatic rings. The van der Waals surface area contributed by atoms with E-state index in [0.717, 1.165) is 0 Å². The smallest absolute Gasteiger partial charge is 0.341 e. The van der Waals surface area contributed by atoms with E-state index in [9.17, 15) is 4.79 Å². The summed E-state index contributed by atoms with van der Waals surface area (Å²) in [4.78, 5) is 19.8. The second-order valence-electron chi connectivity index (χ2n) is 3.26. The largest absolute Gasteiger partial charge is 0.462 e. The van der Waals surface area contributed by atoms with Gasteiger partial charge in [-0.2, -0.15) is 15.4 Å². The third-order valence-electron chi connectivity index (χ3n) is 2.13. The summed E-state index contributed by atoms with van der Waals surface area (Å²) < 4.78 is 4.89. The molecule has 0 radical (unpaired) electrons. The number of carbonyl (C=O) groups excluding carboxylic acids is 1. The van der Waals surface area contributed by atoms with Crippen LogP contribution in [0.3, 0.4) is 0 Å². The maximum absolute atomic E-state index is 11.6. The Morgan fingerprint density at radius 1 is 1.50 bits per heavy atom. The Bertz CT molecular complexity index is 543. The number of hydrogen-bond donors (Lipinski definition) is 1. The molecule has 0 bridgehead atoms. The van der Waals surface area contributed by atoms with Crippen LogP contribution < -0.4 is 0 Å². The molecule has 0 atom stereocenters. The van der Waals surface area contributed by atoms with Gasteiger partial charge in [-0.15, -0.1) is 11.6 Å². The third-order valence-corrected chi connectivity index (χ3v) is 2.39. The van der Waals surface area contributed by atoms with Crippen molar-refractivity contribution in [1.29, 1.82) is 0 Å². The average molecular weight is 268 g/mol. The molecule has 0 aliphatic carbocycles. The Morgan fingerprint density at radius 2 is 2.33 bits per heavy atom. The molecule has 0 amide bonds. The molecule has 0 unspecified atom stereocenters. The number of rotatable bonds is 4. The number of hydrogen-bond acceptors (Lipinski definition) is 6. The summed E-state index contributed by atoms with van der Waals surface area (Å²) in [5.41, 5.74) is 1.15. The van der Waals surface area contributed by atoms with Crippen molar-refractivity contribution in [2.45, 2.75) is 12.8 Å². The van der Waals surface area contributed by atoms with Crippen molar-refractivity contribution in [3.63, 3.8) is 0 Å². The number of alkyl halides is 1. The number of aromatic nitrogens is 5. The SMILES string of the molecule is CCOC(=O)c1cnc(-c2cn[nH]n2)nc1CCl. The Morgan fingerprint density at radius 3 is 2.94 bits per heavy atom. The van der Waals surface area contributed by atoms with Gasteiger partial charge in [0.1, 0.15) is 11.3 Å². The lowest BCUT2D eigenvalue weighted by molar-refractivity contribution is 0.0524. The van der Waals surface area contributed by atoms with Gasteiger partial charge in [0.25, 0.3) is 0 Å². The normalized spacial score (nSPS) is 10.3. The zero-order valence-corrected chi connectivity index (χ0v) is 10.3. The van der Waals surface area contributed by atoms with Gasteiger partial charge in [-0.25, -0.2) is 14.8 Å². The molecule has 1 N–H and O–H groups in total. The highest BCUT2D eigenvalue weighted by Gasteiger charge is 2.16. The summed E-state index contributed by atoms with van der Waals surface area (Å²) in [6.07, 6.45) is 2.87. The van der Waals surface area contributed by atoms with Gasteiger partial charge in [0, 0.05) is 6.20 Å².